The van der Waals surface area contributed by atoms with Crippen LogP contribution in [0.5, 0.6) is 0 Å². The Balaban J connectivity index is 2.06. The zero-order valence-electron chi connectivity index (χ0n) is 10.4. The number of rotatable bonds is 4. The maximum absolute atomic E-state index is 4.51. The number of hydrogen-bond acceptors (Lipinski definition) is 3. The zero-order chi connectivity index (χ0) is 11.5. The predicted octanol–water partition coefficient (Wildman–Crippen LogP) is 2.35. The first kappa shape index (κ1) is 11.4. The number of pyridine rings is 1. The van der Waals surface area contributed by atoms with Crippen LogP contribution in [-0.4, -0.2) is 25.1 Å². The van der Waals surface area contributed by atoms with Gasteiger partial charge in [-0.05, 0) is 45.4 Å². The second kappa shape index (κ2) is 4.83. The Labute approximate surface area is 97.9 Å². The molecule has 1 heterocycles. The zero-order valence-corrected chi connectivity index (χ0v) is 10.4. The normalized spacial score (nSPS) is 17.9. The van der Waals surface area contributed by atoms with Crippen molar-refractivity contribution < 1.29 is 0 Å². The molecule has 88 valence electrons. The molecule has 3 heteroatoms. The lowest BCUT2D eigenvalue weighted by molar-refractivity contribution is 0.401. The molecule has 0 bridgehead atoms. The standard InChI is InChI=1S/C13H21N3/c1-10(14-2)13-8-7-12(9-15-13)16(3)11-5-4-6-11/h7-11,14H,4-6H2,1-3H3. The van der Waals surface area contributed by atoms with Gasteiger partial charge in [0.1, 0.15) is 0 Å². The van der Waals surface area contributed by atoms with Gasteiger partial charge in [0.2, 0.25) is 0 Å². The topological polar surface area (TPSA) is 28.2 Å². The molecule has 0 spiro atoms. The van der Waals surface area contributed by atoms with E-state index >= 15 is 0 Å². The summed E-state index contributed by atoms with van der Waals surface area (Å²) >= 11 is 0. The van der Waals surface area contributed by atoms with E-state index < -0.39 is 0 Å². The van der Waals surface area contributed by atoms with Gasteiger partial charge in [0.25, 0.3) is 0 Å². The third-order valence-electron chi connectivity index (χ3n) is 3.68. The van der Waals surface area contributed by atoms with Crippen molar-refractivity contribution in [2.45, 2.75) is 38.3 Å². The first-order valence-electron chi connectivity index (χ1n) is 6.08. The van der Waals surface area contributed by atoms with Crippen molar-refractivity contribution in [3.63, 3.8) is 0 Å². The van der Waals surface area contributed by atoms with Crippen LogP contribution in [0.2, 0.25) is 0 Å². The number of hydrogen-bond donors (Lipinski definition) is 1. The molecule has 1 atom stereocenters. The molecule has 16 heavy (non-hydrogen) atoms. The smallest absolute Gasteiger partial charge is 0.0571 e. The van der Waals surface area contributed by atoms with E-state index in [1.807, 2.05) is 13.2 Å². The molecule has 0 aliphatic heterocycles. The summed E-state index contributed by atoms with van der Waals surface area (Å²) in [5.41, 5.74) is 2.34. The van der Waals surface area contributed by atoms with Crippen LogP contribution >= 0.6 is 0 Å². The van der Waals surface area contributed by atoms with Gasteiger partial charge < -0.3 is 10.2 Å². The molecule has 1 fully saturated rings. The largest absolute Gasteiger partial charge is 0.370 e. The summed E-state index contributed by atoms with van der Waals surface area (Å²) in [6, 6.07) is 5.35. The van der Waals surface area contributed by atoms with E-state index in [4.69, 9.17) is 0 Å². The fourth-order valence-electron chi connectivity index (χ4n) is 1.99. The molecule has 3 nitrogen and oxygen atoms in total. The lowest BCUT2D eigenvalue weighted by Gasteiger charge is -2.36. The van der Waals surface area contributed by atoms with Gasteiger partial charge in [0.05, 0.1) is 17.6 Å². The average molecular weight is 219 g/mol. The third-order valence-corrected chi connectivity index (χ3v) is 3.68. The minimum atomic E-state index is 0.322. The van der Waals surface area contributed by atoms with Crippen molar-refractivity contribution in [2.24, 2.45) is 0 Å². The molecule has 1 aliphatic carbocycles. The number of aromatic nitrogens is 1. The van der Waals surface area contributed by atoms with Crippen LogP contribution in [0.25, 0.3) is 0 Å². The number of nitrogens with zero attached hydrogens (tertiary/aromatic N) is 2. The molecule has 0 saturated heterocycles. The minimum Gasteiger partial charge on any atom is -0.370 e. The number of nitrogens with one attached hydrogen (secondary N) is 1. The number of anilines is 1. The van der Waals surface area contributed by atoms with E-state index in [1.54, 1.807) is 0 Å². The van der Waals surface area contributed by atoms with Gasteiger partial charge in [0, 0.05) is 19.1 Å². The summed E-state index contributed by atoms with van der Waals surface area (Å²) in [6.07, 6.45) is 6.01. The molecule has 1 N–H and O–H groups in total. The van der Waals surface area contributed by atoms with E-state index in [9.17, 15) is 0 Å². The van der Waals surface area contributed by atoms with Crippen LogP contribution in [0.4, 0.5) is 5.69 Å². The van der Waals surface area contributed by atoms with Gasteiger partial charge in [0.15, 0.2) is 0 Å². The molecular weight excluding hydrogens is 198 g/mol. The Morgan fingerprint density at radius 2 is 2.19 bits per heavy atom. The summed E-state index contributed by atoms with van der Waals surface area (Å²) in [4.78, 5) is 6.86. The lowest BCUT2D eigenvalue weighted by atomic mass is 9.91. The van der Waals surface area contributed by atoms with Gasteiger partial charge >= 0.3 is 0 Å². The molecular formula is C13H21N3. The SMILES string of the molecule is CNC(C)c1ccc(N(C)C2CCC2)cn1. The maximum Gasteiger partial charge on any atom is 0.0571 e. The Morgan fingerprint density at radius 3 is 2.62 bits per heavy atom. The second-order valence-electron chi connectivity index (χ2n) is 4.65. The first-order valence-corrected chi connectivity index (χ1v) is 6.08. The molecule has 1 saturated carbocycles. The molecule has 1 aliphatic rings. The molecule has 0 amide bonds. The third kappa shape index (κ3) is 2.19. The van der Waals surface area contributed by atoms with Crippen molar-refractivity contribution >= 4 is 5.69 Å². The van der Waals surface area contributed by atoms with E-state index in [1.165, 1.54) is 24.9 Å². The quantitative estimate of drug-likeness (QED) is 0.842. The van der Waals surface area contributed by atoms with Crippen molar-refractivity contribution in [3.8, 4) is 0 Å². The minimum absolute atomic E-state index is 0.322. The molecule has 2 rings (SSSR count). The summed E-state index contributed by atoms with van der Waals surface area (Å²) in [7, 11) is 4.13. The van der Waals surface area contributed by atoms with Gasteiger partial charge in [-0.1, -0.05) is 0 Å². The summed E-state index contributed by atoms with van der Waals surface area (Å²) in [5.74, 6) is 0. The van der Waals surface area contributed by atoms with Crippen LogP contribution in [0.15, 0.2) is 18.3 Å². The fraction of sp³-hybridized carbons (Fsp3) is 0.615. The van der Waals surface area contributed by atoms with Crippen LogP contribution in [0.1, 0.15) is 37.9 Å². The maximum atomic E-state index is 4.51. The van der Waals surface area contributed by atoms with Crippen LogP contribution in [0, 0.1) is 0 Å². The first-order chi connectivity index (χ1) is 7.72. The van der Waals surface area contributed by atoms with E-state index in [2.05, 4.69) is 41.3 Å². The van der Waals surface area contributed by atoms with Crippen molar-refractivity contribution in [2.75, 3.05) is 19.0 Å². The van der Waals surface area contributed by atoms with Crippen LogP contribution in [-0.2, 0) is 0 Å². The molecule has 1 aromatic rings. The summed E-state index contributed by atoms with van der Waals surface area (Å²) in [6.45, 7) is 2.12. The second-order valence-corrected chi connectivity index (χ2v) is 4.65. The Morgan fingerprint density at radius 1 is 1.44 bits per heavy atom. The summed E-state index contributed by atoms with van der Waals surface area (Å²) in [5, 5.41) is 3.20. The highest BCUT2D eigenvalue weighted by molar-refractivity contribution is 5.45. The van der Waals surface area contributed by atoms with Crippen molar-refractivity contribution in [3.05, 3.63) is 24.0 Å². The highest BCUT2D eigenvalue weighted by atomic mass is 15.1. The Bertz CT molecular complexity index is 330. The van der Waals surface area contributed by atoms with Gasteiger partial charge in [-0.15, -0.1) is 0 Å². The fourth-order valence-corrected chi connectivity index (χ4v) is 1.99. The van der Waals surface area contributed by atoms with Gasteiger partial charge in [-0.3, -0.25) is 4.98 Å². The van der Waals surface area contributed by atoms with Crippen LogP contribution < -0.4 is 10.2 Å². The molecule has 0 radical (unpaired) electrons. The van der Waals surface area contributed by atoms with Gasteiger partial charge in [-0.25, -0.2) is 0 Å². The molecule has 1 aromatic heterocycles. The van der Waals surface area contributed by atoms with E-state index in [-0.39, 0.29) is 0 Å². The van der Waals surface area contributed by atoms with Crippen molar-refractivity contribution in [1.29, 1.82) is 0 Å². The predicted molar refractivity (Wildman–Crippen MR) is 67.8 cm³/mol. The van der Waals surface area contributed by atoms with Crippen LogP contribution in [0.3, 0.4) is 0 Å². The molecule has 0 aromatic carbocycles. The highest BCUT2D eigenvalue weighted by Gasteiger charge is 2.22. The average Bonchev–Trinajstić information content (AvgIpc) is 2.26. The lowest BCUT2D eigenvalue weighted by Crippen LogP contribution is -2.37. The summed E-state index contributed by atoms with van der Waals surface area (Å²) < 4.78 is 0. The Hall–Kier alpha value is -1.09. The monoisotopic (exact) mass is 219 g/mol. The Kier molecular flexibility index (Phi) is 3.44. The highest BCUT2D eigenvalue weighted by Crippen LogP contribution is 2.27. The van der Waals surface area contributed by atoms with E-state index in [0.29, 0.717) is 6.04 Å². The molecule has 1 unspecified atom stereocenters. The van der Waals surface area contributed by atoms with Gasteiger partial charge in [-0.2, -0.15) is 0 Å². The van der Waals surface area contributed by atoms with Crippen molar-refractivity contribution in [1.82, 2.24) is 10.3 Å². The van der Waals surface area contributed by atoms with E-state index in [0.717, 1.165) is 11.7 Å².